The monoisotopic (exact) mass is 211 g/mol. The molecule has 0 fully saturated rings. The summed E-state index contributed by atoms with van der Waals surface area (Å²) in [5, 5.41) is 4.42. The van der Waals surface area contributed by atoms with Crippen LogP contribution in [0.5, 0.6) is 0 Å². The molecule has 0 amide bonds. The van der Waals surface area contributed by atoms with E-state index in [-0.39, 0.29) is 6.17 Å². The van der Waals surface area contributed by atoms with Crippen molar-refractivity contribution in [3.05, 3.63) is 60.3 Å². The van der Waals surface area contributed by atoms with Crippen LogP contribution in [0.15, 0.2) is 59.9 Å². The first-order valence-electron chi connectivity index (χ1n) is 5.42. The van der Waals surface area contributed by atoms with Gasteiger partial charge in [0.25, 0.3) is 0 Å². The zero-order valence-electron chi connectivity index (χ0n) is 8.88. The topological polar surface area (TPSA) is 27.6 Å². The average Bonchev–Trinajstić information content (AvgIpc) is 2.39. The van der Waals surface area contributed by atoms with Crippen LogP contribution in [0.1, 0.15) is 5.56 Å². The molecule has 0 saturated carbocycles. The van der Waals surface area contributed by atoms with Crippen molar-refractivity contribution in [1.82, 2.24) is 10.3 Å². The standard InChI is InChI=1S/C13H13N3/c1-2-6-11(7-3-1)12-10-16-9-5-4-8-13(16)15-14-12/h1-9,13,15H,10H2. The molecule has 1 aromatic rings. The van der Waals surface area contributed by atoms with Crippen molar-refractivity contribution < 1.29 is 0 Å². The number of hydrogen-bond acceptors (Lipinski definition) is 3. The van der Waals surface area contributed by atoms with Crippen LogP contribution < -0.4 is 5.43 Å². The Hall–Kier alpha value is -2.03. The maximum atomic E-state index is 4.42. The van der Waals surface area contributed by atoms with Crippen molar-refractivity contribution in [2.24, 2.45) is 5.10 Å². The number of hydrogen-bond donors (Lipinski definition) is 1. The van der Waals surface area contributed by atoms with Gasteiger partial charge in [0.05, 0.1) is 12.3 Å². The molecule has 0 saturated heterocycles. The molecular formula is C13H13N3. The Balaban J connectivity index is 1.87. The highest BCUT2D eigenvalue weighted by Gasteiger charge is 2.20. The predicted molar refractivity (Wildman–Crippen MR) is 64.9 cm³/mol. The maximum absolute atomic E-state index is 4.42. The van der Waals surface area contributed by atoms with E-state index in [1.807, 2.05) is 30.4 Å². The summed E-state index contributed by atoms with van der Waals surface area (Å²) in [6.45, 7) is 0.850. The highest BCUT2D eigenvalue weighted by molar-refractivity contribution is 6.02. The molecule has 1 aromatic carbocycles. The Morgan fingerprint density at radius 3 is 2.94 bits per heavy atom. The minimum atomic E-state index is 0.206. The van der Waals surface area contributed by atoms with Crippen LogP contribution in [-0.4, -0.2) is 23.3 Å². The van der Waals surface area contributed by atoms with Gasteiger partial charge >= 0.3 is 0 Å². The van der Waals surface area contributed by atoms with Crippen LogP contribution in [0.25, 0.3) is 0 Å². The van der Waals surface area contributed by atoms with Crippen molar-refractivity contribution >= 4 is 5.71 Å². The van der Waals surface area contributed by atoms with E-state index in [1.54, 1.807) is 0 Å². The molecule has 3 heteroatoms. The molecule has 3 rings (SSSR count). The van der Waals surface area contributed by atoms with Crippen molar-refractivity contribution in [3.63, 3.8) is 0 Å². The highest BCUT2D eigenvalue weighted by atomic mass is 15.4. The molecule has 0 aromatic heterocycles. The Morgan fingerprint density at radius 2 is 2.06 bits per heavy atom. The number of nitrogens with one attached hydrogen (secondary N) is 1. The zero-order valence-corrected chi connectivity index (χ0v) is 8.88. The number of nitrogens with zero attached hydrogens (tertiary/aromatic N) is 2. The minimum Gasteiger partial charge on any atom is -0.347 e. The summed E-state index contributed by atoms with van der Waals surface area (Å²) in [6.07, 6.45) is 8.49. The Kier molecular flexibility index (Phi) is 2.22. The normalized spacial score (nSPS) is 22.4. The van der Waals surface area contributed by atoms with Crippen molar-refractivity contribution in [3.8, 4) is 0 Å². The van der Waals surface area contributed by atoms with Crippen LogP contribution in [0.3, 0.4) is 0 Å². The molecule has 1 atom stereocenters. The summed E-state index contributed by atoms with van der Waals surface area (Å²) in [7, 11) is 0. The Bertz CT molecular complexity index is 459. The van der Waals surface area contributed by atoms with Gasteiger partial charge < -0.3 is 4.90 Å². The molecule has 2 heterocycles. The van der Waals surface area contributed by atoms with E-state index >= 15 is 0 Å². The first-order chi connectivity index (χ1) is 7.93. The van der Waals surface area contributed by atoms with Crippen LogP contribution in [-0.2, 0) is 0 Å². The molecule has 2 aliphatic rings. The van der Waals surface area contributed by atoms with Gasteiger partial charge in [-0.25, -0.2) is 0 Å². The summed E-state index contributed by atoms with van der Waals surface area (Å²) in [4.78, 5) is 2.23. The number of rotatable bonds is 1. The fraction of sp³-hybridized carbons (Fsp3) is 0.154. The third kappa shape index (κ3) is 1.60. The van der Waals surface area contributed by atoms with E-state index in [1.165, 1.54) is 5.56 Å². The lowest BCUT2D eigenvalue weighted by Crippen LogP contribution is -2.47. The molecular weight excluding hydrogens is 198 g/mol. The van der Waals surface area contributed by atoms with E-state index < -0.39 is 0 Å². The summed E-state index contributed by atoms with van der Waals surface area (Å²) in [6, 6.07) is 10.3. The van der Waals surface area contributed by atoms with Crippen LogP contribution in [0.2, 0.25) is 0 Å². The van der Waals surface area contributed by atoms with Gasteiger partial charge in [0.15, 0.2) is 0 Å². The summed E-state index contributed by atoms with van der Waals surface area (Å²) in [5.41, 5.74) is 5.40. The van der Waals surface area contributed by atoms with Gasteiger partial charge in [-0.05, 0) is 17.7 Å². The third-order valence-corrected chi connectivity index (χ3v) is 2.81. The van der Waals surface area contributed by atoms with Gasteiger partial charge in [0.1, 0.15) is 6.17 Å². The van der Waals surface area contributed by atoms with E-state index in [4.69, 9.17) is 0 Å². The fourth-order valence-electron chi connectivity index (χ4n) is 1.94. The number of benzene rings is 1. The summed E-state index contributed by atoms with van der Waals surface area (Å²) >= 11 is 0. The molecule has 0 bridgehead atoms. The molecule has 16 heavy (non-hydrogen) atoms. The average molecular weight is 211 g/mol. The lowest BCUT2D eigenvalue weighted by atomic mass is 10.1. The zero-order chi connectivity index (χ0) is 10.8. The Labute approximate surface area is 94.8 Å². The molecule has 0 radical (unpaired) electrons. The van der Waals surface area contributed by atoms with E-state index in [2.05, 4.69) is 39.8 Å². The molecule has 3 nitrogen and oxygen atoms in total. The van der Waals surface area contributed by atoms with Crippen LogP contribution in [0.4, 0.5) is 0 Å². The van der Waals surface area contributed by atoms with Gasteiger partial charge in [-0.2, -0.15) is 5.10 Å². The quantitative estimate of drug-likeness (QED) is 0.765. The molecule has 1 unspecified atom stereocenters. The summed E-state index contributed by atoms with van der Waals surface area (Å²) < 4.78 is 0. The largest absolute Gasteiger partial charge is 0.347 e. The van der Waals surface area contributed by atoms with Gasteiger partial charge in [-0.1, -0.05) is 36.4 Å². The van der Waals surface area contributed by atoms with Crippen LogP contribution in [0, 0.1) is 0 Å². The highest BCUT2D eigenvalue weighted by Crippen LogP contribution is 2.13. The first kappa shape index (κ1) is 9.21. The van der Waals surface area contributed by atoms with Gasteiger partial charge in [0.2, 0.25) is 0 Å². The maximum Gasteiger partial charge on any atom is 0.134 e. The van der Waals surface area contributed by atoms with E-state index in [9.17, 15) is 0 Å². The molecule has 0 aliphatic carbocycles. The van der Waals surface area contributed by atoms with Gasteiger partial charge in [-0.15, -0.1) is 0 Å². The number of hydrazone groups is 1. The van der Waals surface area contributed by atoms with Crippen molar-refractivity contribution in [2.75, 3.05) is 6.54 Å². The smallest absolute Gasteiger partial charge is 0.134 e. The molecule has 1 N–H and O–H groups in total. The molecule has 2 aliphatic heterocycles. The first-order valence-corrected chi connectivity index (χ1v) is 5.42. The molecule has 80 valence electrons. The second-order valence-corrected chi connectivity index (χ2v) is 3.90. The van der Waals surface area contributed by atoms with Gasteiger partial charge in [0, 0.05) is 6.20 Å². The van der Waals surface area contributed by atoms with Crippen molar-refractivity contribution in [2.45, 2.75) is 6.17 Å². The minimum absolute atomic E-state index is 0.206. The fourth-order valence-corrected chi connectivity index (χ4v) is 1.94. The third-order valence-electron chi connectivity index (χ3n) is 2.81. The second kappa shape index (κ2) is 3.85. The van der Waals surface area contributed by atoms with Crippen molar-refractivity contribution in [1.29, 1.82) is 0 Å². The predicted octanol–water partition coefficient (Wildman–Crippen LogP) is 1.71. The SMILES string of the molecule is C1=CC2NN=C(c3ccccc3)CN2C=C1. The number of fused-ring (bicyclic) bond motifs is 1. The summed E-state index contributed by atoms with van der Waals surface area (Å²) in [5.74, 6) is 0. The Morgan fingerprint density at radius 1 is 1.19 bits per heavy atom. The molecule has 0 spiro atoms. The van der Waals surface area contributed by atoms with E-state index in [0.717, 1.165) is 12.3 Å². The lowest BCUT2D eigenvalue weighted by molar-refractivity contribution is 0.293. The van der Waals surface area contributed by atoms with Crippen LogP contribution >= 0.6 is 0 Å². The second-order valence-electron chi connectivity index (χ2n) is 3.90. The van der Waals surface area contributed by atoms with E-state index in [0.29, 0.717) is 0 Å². The lowest BCUT2D eigenvalue weighted by Gasteiger charge is -2.34. The van der Waals surface area contributed by atoms with Gasteiger partial charge in [-0.3, -0.25) is 5.43 Å². The number of allylic oxidation sites excluding steroid dienone is 2.